The first-order chi connectivity index (χ1) is 8.63. The molecule has 1 saturated heterocycles. The molecule has 1 aromatic rings. The molecule has 2 rings (SSSR count). The van der Waals surface area contributed by atoms with Gasteiger partial charge in [-0.25, -0.2) is 8.78 Å². The van der Waals surface area contributed by atoms with E-state index in [1.54, 1.807) is 4.90 Å². The maximum absolute atomic E-state index is 13.6. The molecule has 0 radical (unpaired) electrons. The van der Waals surface area contributed by atoms with Crippen molar-refractivity contribution in [2.24, 2.45) is 0 Å². The lowest BCUT2D eigenvalue weighted by atomic mass is 10.1. The minimum absolute atomic E-state index is 0.0603. The van der Waals surface area contributed by atoms with Crippen LogP contribution in [0.1, 0.15) is 23.7 Å². The molecular weight excluding hydrogens is 238 g/mol. The van der Waals surface area contributed by atoms with Crippen molar-refractivity contribution in [3.8, 4) is 0 Å². The highest BCUT2D eigenvalue weighted by Gasteiger charge is 2.27. The molecule has 1 aliphatic heterocycles. The van der Waals surface area contributed by atoms with Crippen LogP contribution in [0.4, 0.5) is 8.78 Å². The molecule has 1 atom stereocenters. The number of carbonyl (C=O) groups excluding carboxylic acids is 1. The largest absolute Gasteiger partial charge is 0.335 e. The molecule has 3 nitrogen and oxygen atoms in total. The zero-order valence-corrected chi connectivity index (χ0v) is 10.2. The quantitative estimate of drug-likeness (QED) is 0.892. The Morgan fingerprint density at radius 3 is 2.89 bits per heavy atom. The van der Waals surface area contributed by atoms with Crippen LogP contribution in [0.5, 0.6) is 0 Å². The van der Waals surface area contributed by atoms with Crippen molar-refractivity contribution in [1.82, 2.24) is 10.2 Å². The van der Waals surface area contributed by atoms with E-state index in [9.17, 15) is 13.6 Å². The lowest BCUT2D eigenvalue weighted by Gasteiger charge is -2.27. The van der Waals surface area contributed by atoms with Crippen LogP contribution in [-0.4, -0.2) is 36.5 Å². The third-order valence-corrected chi connectivity index (χ3v) is 3.24. The molecule has 1 unspecified atom stereocenters. The predicted octanol–water partition coefficient (Wildman–Crippen LogP) is 1.79. The smallest absolute Gasteiger partial charge is 0.257 e. The van der Waals surface area contributed by atoms with Crippen LogP contribution in [0.3, 0.4) is 0 Å². The molecule has 1 N–H and O–H groups in total. The summed E-state index contributed by atoms with van der Waals surface area (Å²) in [4.78, 5) is 13.8. The molecule has 0 saturated carbocycles. The predicted molar refractivity (Wildman–Crippen MR) is 64.3 cm³/mol. The van der Waals surface area contributed by atoms with Crippen molar-refractivity contribution >= 4 is 5.91 Å². The fourth-order valence-corrected chi connectivity index (χ4v) is 2.29. The van der Waals surface area contributed by atoms with Gasteiger partial charge < -0.3 is 10.2 Å². The van der Waals surface area contributed by atoms with E-state index in [4.69, 9.17) is 0 Å². The third kappa shape index (κ3) is 2.51. The van der Waals surface area contributed by atoms with Crippen LogP contribution in [0.2, 0.25) is 0 Å². The van der Waals surface area contributed by atoms with Crippen LogP contribution < -0.4 is 5.32 Å². The normalized spacial score (nSPS) is 18.9. The summed E-state index contributed by atoms with van der Waals surface area (Å²) in [6, 6.07) is 3.02. The van der Waals surface area contributed by atoms with Gasteiger partial charge in [-0.15, -0.1) is 0 Å². The SMILES string of the molecule is CCN(C(=O)c1cc(F)ccc1F)C1CCNC1. The highest BCUT2D eigenvalue weighted by molar-refractivity contribution is 5.94. The second kappa shape index (κ2) is 5.44. The van der Waals surface area contributed by atoms with Gasteiger partial charge >= 0.3 is 0 Å². The number of halogens is 2. The van der Waals surface area contributed by atoms with Gasteiger partial charge in [0.1, 0.15) is 11.6 Å². The number of hydrogen-bond donors (Lipinski definition) is 1. The Bertz CT molecular complexity index is 445. The van der Waals surface area contributed by atoms with Crippen molar-refractivity contribution in [2.75, 3.05) is 19.6 Å². The topological polar surface area (TPSA) is 32.3 Å². The fraction of sp³-hybridized carbons (Fsp3) is 0.462. The van der Waals surface area contributed by atoms with Gasteiger partial charge in [-0.3, -0.25) is 4.79 Å². The van der Waals surface area contributed by atoms with Crippen LogP contribution in [-0.2, 0) is 0 Å². The number of carbonyl (C=O) groups is 1. The molecule has 0 spiro atoms. The average Bonchev–Trinajstić information content (AvgIpc) is 2.87. The number of nitrogens with zero attached hydrogens (tertiary/aromatic N) is 1. The summed E-state index contributed by atoms with van der Waals surface area (Å²) >= 11 is 0. The van der Waals surface area contributed by atoms with E-state index in [-0.39, 0.29) is 11.6 Å². The van der Waals surface area contributed by atoms with Crippen molar-refractivity contribution in [3.63, 3.8) is 0 Å². The Labute approximate surface area is 105 Å². The zero-order chi connectivity index (χ0) is 13.1. The van der Waals surface area contributed by atoms with Crippen molar-refractivity contribution < 1.29 is 13.6 Å². The van der Waals surface area contributed by atoms with Crippen LogP contribution in [0.25, 0.3) is 0 Å². The summed E-state index contributed by atoms with van der Waals surface area (Å²) in [7, 11) is 0. The van der Waals surface area contributed by atoms with E-state index in [0.717, 1.165) is 31.2 Å². The van der Waals surface area contributed by atoms with E-state index in [2.05, 4.69) is 5.32 Å². The number of nitrogens with one attached hydrogen (secondary N) is 1. The van der Waals surface area contributed by atoms with Crippen LogP contribution in [0.15, 0.2) is 18.2 Å². The maximum atomic E-state index is 13.6. The first-order valence-electron chi connectivity index (χ1n) is 6.10. The lowest BCUT2D eigenvalue weighted by molar-refractivity contribution is 0.0698. The van der Waals surface area contributed by atoms with E-state index in [1.807, 2.05) is 6.92 Å². The Kier molecular flexibility index (Phi) is 3.91. The number of rotatable bonds is 3. The van der Waals surface area contributed by atoms with Crippen LogP contribution in [0, 0.1) is 11.6 Å². The lowest BCUT2D eigenvalue weighted by Crippen LogP contribution is -2.41. The zero-order valence-electron chi connectivity index (χ0n) is 10.2. The van der Waals surface area contributed by atoms with Gasteiger partial charge in [0.05, 0.1) is 5.56 Å². The molecule has 1 aliphatic rings. The Hall–Kier alpha value is -1.49. The fourth-order valence-electron chi connectivity index (χ4n) is 2.29. The Morgan fingerprint density at radius 2 is 2.28 bits per heavy atom. The molecule has 1 fully saturated rings. The summed E-state index contributed by atoms with van der Waals surface area (Å²) < 4.78 is 26.7. The van der Waals surface area contributed by atoms with Crippen LogP contribution >= 0.6 is 0 Å². The van der Waals surface area contributed by atoms with Crippen molar-refractivity contribution in [3.05, 3.63) is 35.4 Å². The summed E-state index contributed by atoms with van der Waals surface area (Å²) in [6.07, 6.45) is 0.844. The van der Waals surface area contributed by atoms with Gasteiger partial charge in [0.2, 0.25) is 0 Å². The molecule has 1 amide bonds. The van der Waals surface area contributed by atoms with E-state index in [1.165, 1.54) is 0 Å². The number of benzene rings is 1. The molecule has 5 heteroatoms. The first-order valence-corrected chi connectivity index (χ1v) is 6.10. The monoisotopic (exact) mass is 254 g/mol. The number of amides is 1. The van der Waals surface area contributed by atoms with E-state index < -0.39 is 17.5 Å². The minimum Gasteiger partial charge on any atom is -0.335 e. The van der Waals surface area contributed by atoms with E-state index >= 15 is 0 Å². The number of hydrogen-bond acceptors (Lipinski definition) is 2. The van der Waals surface area contributed by atoms with Gasteiger partial charge in [-0.05, 0) is 38.1 Å². The molecule has 0 aromatic heterocycles. The molecule has 98 valence electrons. The molecule has 0 aliphatic carbocycles. The minimum atomic E-state index is -0.675. The van der Waals surface area contributed by atoms with Gasteiger partial charge in [-0.1, -0.05) is 0 Å². The van der Waals surface area contributed by atoms with Gasteiger partial charge in [-0.2, -0.15) is 0 Å². The van der Waals surface area contributed by atoms with Crippen molar-refractivity contribution in [1.29, 1.82) is 0 Å². The highest BCUT2D eigenvalue weighted by Crippen LogP contribution is 2.16. The van der Waals surface area contributed by atoms with E-state index in [0.29, 0.717) is 13.1 Å². The summed E-state index contributed by atoms with van der Waals surface area (Å²) in [6.45, 7) is 3.88. The second-order valence-electron chi connectivity index (χ2n) is 4.36. The standard InChI is InChI=1S/C13H16F2N2O/c1-2-17(10-5-6-16-8-10)13(18)11-7-9(14)3-4-12(11)15/h3-4,7,10,16H,2,5-6,8H2,1H3. The first kappa shape index (κ1) is 13.0. The van der Waals surface area contributed by atoms with Gasteiger partial charge in [0.25, 0.3) is 5.91 Å². The molecule has 1 heterocycles. The van der Waals surface area contributed by atoms with Gasteiger partial charge in [0, 0.05) is 19.1 Å². The summed E-state index contributed by atoms with van der Waals surface area (Å²) in [5.41, 5.74) is -0.191. The molecule has 18 heavy (non-hydrogen) atoms. The number of likely N-dealkylation sites (N-methyl/N-ethyl adjacent to an activating group) is 1. The Balaban J connectivity index is 2.25. The molecule has 1 aromatic carbocycles. The third-order valence-electron chi connectivity index (χ3n) is 3.24. The van der Waals surface area contributed by atoms with Gasteiger partial charge in [0.15, 0.2) is 0 Å². The summed E-state index contributed by atoms with van der Waals surface area (Å²) in [5.74, 6) is -1.71. The molecular formula is C13H16F2N2O. The molecule has 0 bridgehead atoms. The van der Waals surface area contributed by atoms with Crippen molar-refractivity contribution in [2.45, 2.75) is 19.4 Å². The highest BCUT2D eigenvalue weighted by atomic mass is 19.1. The Morgan fingerprint density at radius 1 is 1.50 bits per heavy atom. The average molecular weight is 254 g/mol. The summed E-state index contributed by atoms with van der Waals surface area (Å²) in [5, 5.41) is 3.16. The second-order valence-corrected chi connectivity index (χ2v) is 4.36. The maximum Gasteiger partial charge on any atom is 0.257 e.